The predicted molar refractivity (Wildman–Crippen MR) is 140 cm³/mol. The van der Waals surface area contributed by atoms with Crippen LogP contribution in [-0.2, 0) is 11.3 Å². The Morgan fingerprint density at radius 3 is 2.56 bits per heavy atom. The first-order valence-corrected chi connectivity index (χ1v) is 12.9. The standard InChI is InChI=1S/C27H23BrFN3OS/c1-2-31-16-26(22-5-3-4-6-24(22)31)34-17-27(33)32-25(19-9-13-21(29)14-10-19)15-23(30-32)18-7-11-20(28)12-8-18/h3-14,16,25H,2,15,17H2,1H3. The number of carbonyl (C=O) groups excluding carboxylic acids is 1. The first-order valence-electron chi connectivity index (χ1n) is 11.1. The van der Waals surface area contributed by atoms with Gasteiger partial charge in [-0.2, -0.15) is 5.10 Å². The van der Waals surface area contributed by atoms with E-state index in [0.717, 1.165) is 38.1 Å². The number of benzene rings is 3. The van der Waals surface area contributed by atoms with E-state index in [4.69, 9.17) is 5.10 Å². The van der Waals surface area contributed by atoms with Crippen molar-refractivity contribution >= 4 is 50.2 Å². The van der Waals surface area contributed by atoms with E-state index in [2.05, 4.69) is 45.8 Å². The number of hydrogen-bond acceptors (Lipinski definition) is 3. The van der Waals surface area contributed by atoms with Crippen LogP contribution >= 0.6 is 27.7 Å². The summed E-state index contributed by atoms with van der Waals surface area (Å²) in [5.41, 5.74) is 3.87. The Kier molecular flexibility index (Phi) is 6.57. The lowest BCUT2D eigenvalue weighted by Crippen LogP contribution is -2.28. The Morgan fingerprint density at radius 2 is 1.82 bits per heavy atom. The van der Waals surface area contributed by atoms with Gasteiger partial charge in [-0.3, -0.25) is 4.79 Å². The lowest BCUT2D eigenvalue weighted by Gasteiger charge is -2.22. The molecule has 0 N–H and O–H groups in total. The van der Waals surface area contributed by atoms with Gasteiger partial charge in [0.1, 0.15) is 5.82 Å². The van der Waals surface area contributed by atoms with Crippen molar-refractivity contribution in [2.45, 2.75) is 30.8 Å². The third-order valence-corrected chi connectivity index (χ3v) is 7.60. The zero-order valence-electron chi connectivity index (χ0n) is 18.6. The molecule has 4 nitrogen and oxygen atoms in total. The van der Waals surface area contributed by atoms with Crippen LogP contribution in [0.5, 0.6) is 0 Å². The fraction of sp³-hybridized carbons (Fsp3) is 0.185. The highest BCUT2D eigenvalue weighted by Gasteiger charge is 2.33. The Morgan fingerprint density at radius 1 is 1.09 bits per heavy atom. The maximum Gasteiger partial charge on any atom is 0.253 e. The van der Waals surface area contributed by atoms with Crippen LogP contribution in [0.4, 0.5) is 4.39 Å². The molecule has 0 radical (unpaired) electrons. The molecule has 1 unspecified atom stereocenters. The second-order valence-electron chi connectivity index (χ2n) is 8.15. The summed E-state index contributed by atoms with van der Waals surface area (Å²) in [5, 5.41) is 7.47. The Hall–Kier alpha value is -2.90. The van der Waals surface area contributed by atoms with Gasteiger partial charge in [0.25, 0.3) is 5.91 Å². The molecule has 1 atom stereocenters. The molecule has 0 saturated heterocycles. The summed E-state index contributed by atoms with van der Waals surface area (Å²) in [7, 11) is 0. The molecule has 34 heavy (non-hydrogen) atoms. The number of amides is 1. The number of fused-ring (bicyclic) bond motifs is 1. The van der Waals surface area contributed by atoms with E-state index < -0.39 is 0 Å². The first kappa shape index (κ1) is 22.9. The molecule has 0 aliphatic carbocycles. The van der Waals surface area contributed by atoms with Gasteiger partial charge in [0.15, 0.2) is 0 Å². The van der Waals surface area contributed by atoms with Gasteiger partial charge in [-0.05, 0) is 48.4 Å². The molecular formula is C27H23BrFN3OS. The van der Waals surface area contributed by atoms with Crippen molar-refractivity contribution in [1.29, 1.82) is 0 Å². The highest BCUT2D eigenvalue weighted by molar-refractivity contribution is 9.10. The lowest BCUT2D eigenvalue weighted by molar-refractivity contribution is -0.130. The number of halogens is 2. The molecule has 1 aliphatic rings. The minimum absolute atomic E-state index is 0.0697. The van der Waals surface area contributed by atoms with Crippen molar-refractivity contribution in [3.05, 3.63) is 100 Å². The molecule has 7 heteroatoms. The van der Waals surface area contributed by atoms with Gasteiger partial charge in [-0.15, -0.1) is 11.8 Å². The number of hydrogen-bond donors (Lipinski definition) is 0. The average Bonchev–Trinajstić information content (AvgIpc) is 3.46. The van der Waals surface area contributed by atoms with Crippen molar-refractivity contribution in [3.8, 4) is 0 Å². The van der Waals surface area contributed by atoms with E-state index >= 15 is 0 Å². The molecular weight excluding hydrogens is 513 g/mol. The third-order valence-electron chi connectivity index (χ3n) is 6.04. The van der Waals surface area contributed by atoms with Crippen molar-refractivity contribution in [2.75, 3.05) is 5.75 Å². The number of carbonyl (C=O) groups is 1. The first-order chi connectivity index (χ1) is 16.5. The quantitative estimate of drug-likeness (QED) is 0.248. The molecule has 0 bridgehead atoms. The van der Waals surface area contributed by atoms with Crippen LogP contribution in [0.3, 0.4) is 0 Å². The molecule has 0 fully saturated rings. The van der Waals surface area contributed by atoms with E-state index in [9.17, 15) is 9.18 Å². The molecule has 0 saturated carbocycles. The van der Waals surface area contributed by atoms with Crippen LogP contribution in [0, 0.1) is 5.82 Å². The monoisotopic (exact) mass is 535 g/mol. The number of aromatic nitrogens is 1. The van der Waals surface area contributed by atoms with Crippen LogP contribution < -0.4 is 0 Å². The molecule has 4 aromatic rings. The van der Waals surface area contributed by atoms with E-state index in [1.165, 1.54) is 29.4 Å². The fourth-order valence-corrected chi connectivity index (χ4v) is 5.50. The second-order valence-corrected chi connectivity index (χ2v) is 10.1. The van der Waals surface area contributed by atoms with E-state index in [1.54, 1.807) is 17.1 Å². The number of nitrogens with zero attached hydrogens (tertiary/aromatic N) is 3. The van der Waals surface area contributed by atoms with Gasteiger partial charge < -0.3 is 4.57 Å². The normalized spacial score (nSPS) is 15.7. The van der Waals surface area contributed by atoms with Crippen LogP contribution in [-0.4, -0.2) is 26.9 Å². The Labute approximate surface area is 210 Å². The van der Waals surface area contributed by atoms with Crippen molar-refractivity contribution in [3.63, 3.8) is 0 Å². The van der Waals surface area contributed by atoms with Gasteiger partial charge in [0.05, 0.1) is 17.5 Å². The molecule has 3 aromatic carbocycles. The van der Waals surface area contributed by atoms with E-state index in [-0.39, 0.29) is 23.5 Å². The van der Waals surface area contributed by atoms with Gasteiger partial charge in [-0.25, -0.2) is 9.40 Å². The van der Waals surface area contributed by atoms with Crippen molar-refractivity contribution in [1.82, 2.24) is 9.58 Å². The van der Waals surface area contributed by atoms with Gasteiger partial charge in [0.2, 0.25) is 0 Å². The zero-order valence-corrected chi connectivity index (χ0v) is 21.0. The van der Waals surface area contributed by atoms with Crippen molar-refractivity contribution in [2.24, 2.45) is 5.10 Å². The summed E-state index contributed by atoms with van der Waals surface area (Å²) in [4.78, 5) is 14.5. The molecule has 2 heterocycles. The maximum absolute atomic E-state index is 13.6. The predicted octanol–water partition coefficient (Wildman–Crippen LogP) is 7.03. The number of aryl methyl sites for hydroxylation is 1. The number of thioether (sulfide) groups is 1. The summed E-state index contributed by atoms with van der Waals surface area (Å²) < 4.78 is 16.7. The summed E-state index contributed by atoms with van der Waals surface area (Å²) >= 11 is 5.00. The highest BCUT2D eigenvalue weighted by Crippen LogP contribution is 2.35. The van der Waals surface area contributed by atoms with E-state index in [0.29, 0.717) is 6.42 Å². The van der Waals surface area contributed by atoms with Crippen LogP contribution in [0.15, 0.2) is 93.5 Å². The summed E-state index contributed by atoms with van der Waals surface area (Å²) in [6.07, 6.45) is 2.69. The zero-order chi connectivity index (χ0) is 23.7. The topological polar surface area (TPSA) is 37.6 Å². The maximum atomic E-state index is 13.6. The van der Waals surface area contributed by atoms with Crippen LogP contribution in [0.1, 0.15) is 30.5 Å². The molecule has 1 amide bonds. The minimum atomic E-state index is -0.295. The Bertz CT molecular complexity index is 1370. The largest absolute Gasteiger partial charge is 0.347 e. The fourth-order valence-electron chi connectivity index (χ4n) is 4.30. The third kappa shape index (κ3) is 4.55. The Balaban J connectivity index is 1.41. The molecule has 1 aliphatic heterocycles. The summed E-state index contributed by atoms with van der Waals surface area (Å²) in [5.74, 6) is -0.0942. The van der Waals surface area contributed by atoms with Crippen LogP contribution in [0.2, 0.25) is 0 Å². The highest BCUT2D eigenvalue weighted by atomic mass is 79.9. The minimum Gasteiger partial charge on any atom is -0.347 e. The van der Waals surface area contributed by atoms with Gasteiger partial charge >= 0.3 is 0 Å². The smallest absolute Gasteiger partial charge is 0.253 e. The summed E-state index contributed by atoms with van der Waals surface area (Å²) in [6, 6.07) is 22.3. The number of hydrazone groups is 1. The summed E-state index contributed by atoms with van der Waals surface area (Å²) in [6.45, 7) is 2.98. The second kappa shape index (κ2) is 9.76. The average molecular weight is 536 g/mol. The molecule has 172 valence electrons. The SMILES string of the molecule is CCn1cc(SCC(=O)N2N=C(c3ccc(Br)cc3)CC2c2ccc(F)cc2)c2ccccc21. The lowest BCUT2D eigenvalue weighted by atomic mass is 9.98. The molecule has 0 spiro atoms. The van der Waals surface area contributed by atoms with Gasteiger partial charge in [-0.1, -0.05) is 58.4 Å². The molecule has 1 aromatic heterocycles. The van der Waals surface area contributed by atoms with Crippen LogP contribution in [0.25, 0.3) is 10.9 Å². The van der Waals surface area contributed by atoms with E-state index in [1.807, 2.05) is 36.4 Å². The number of para-hydroxylation sites is 1. The van der Waals surface area contributed by atoms with Gasteiger partial charge in [0, 0.05) is 39.4 Å². The molecule has 5 rings (SSSR count). The number of rotatable bonds is 6. The van der Waals surface area contributed by atoms with Crippen molar-refractivity contribution < 1.29 is 9.18 Å².